The van der Waals surface area contributed by atoms with E-state index in [0.717, 1.165) is 42.6 Å². The molecule has 1 atom stereocenters. The Morgan fingerprint density at radius 1 is 1.21 bits per heavy atom. The van der Waals surface area contributed by atoms with Crippen molar-refractivity contribution >= 4 is 18.3 Å². The highest BCUT2D eigenvalue weighted by Crippen LogP contribution is 2.44. The standard InChI is InChI=1S/C22H21N5O3.CH2O2/c28-20-15-6-8-22(17(15)25-18(26-20)14-4-1-9-23-12-14)7-3-11-27(13-22)19-16(21(29)30)5-2-10-24-19;2-1-3/h1-2,4-5,9-10,12H,3,6-8,11,13H2,(H,29,30)(H,25,26,28);1H,(H,2,3). The Balaban J connectivity index is 0.000000821. The molecule has 0 radical (unpaired) electrons. The van der Waals surface area contributed by atoms with Gasteiger partial charge in [0.15, 0.2) is 0 Å². The lowest BCUT2D eigenvalue weighted by Gasteiger charge is -2.41. The van der Waals surface area contributed by atoms with Crippen molar-refractivity contribution < 1.29 is 19.8 Å². The van der Waals surface area contributed by atoms with Crippen molar-refractivity contribution in [2.75, 3.05) is 18.0 Å². The highest BCUT2D eigenvalue weighted by atomic mass is 16.4. The first-order chi connectivity index (χ1) is 16.0. The van der Waals surface area contributed by atoms with Gasteiger partial charge < -0.3 is 20.1 Å². The van der Waals surface area contributed by atoms with Gasteiger partial charge in [0.05, 0.1) is 5.69 Å². The minimum absolute atomic E-state index is 0.100. The molecular weight excluding hydrogens is 426 g/mol. The molecular formula is C23H23N5O5. The molecule has 1 unspecified atom stereocenters. The number of hydrogen-bond donors (Lipinski definition) is 3. The average Bonchev–Trinajstić information content (AvgIpc) is 3.18. The van der Waals surface area contributed by atoms with Gasteiger partial charge in [0, 0.05) is 48.2 Å². The molecule has 2 aliphatic rings. The van der Waals surface area contributed by atoms with Crippen molar-refractivity contribution in [1.29, 1.82) is 0 Å². The minimum atomic E-state index is -0.988. The van der Waals surface area contributed by atoms with E-state index in [4.69, 9.17) is 14.9 Å². The molecule has 0 aromatic carbocycles. The zero-order valence-electron chi connectivity index (χ0n) is 17.8. The number of piperidine rings is 1. The van der Waals surface area contributed by atoms with Crippen LogP contribution in [0, 0.1) is 0 Å². The van der Waals surface area contributed by atoms with Crippen LogP contribution in [0.5, 0.6) is 0 Å². The first-order valence-corrected chi connectivity index (χ1v) is 10.5. The van der Waals surface area contributed by atoms with Crippen LogP contribution in [0.3, 0.4) is 0 Å². The molecule has 10 nitrogen and oxygen atoms in total. The molecule has 3 aromatic rings. The van der Waals surface area contributed by atoms with Crippen molar-refractivity contribution in [2.24, 2.45) is 0 Å². The Morgan fingerprint density at radius 2 is 2.00 bits per heavy atom. The molecule has 10 heteroatoms. The number of anilines is 1. The van der Waals surface area contributed by atoms with E-state index in [2.05, 4.69) is 15.0 Å². The highest BCUT2D eigenvalue weighted by molar-refractivity contribution is 5.93. The molecule has 170 valence electrons. The summed E-state index contributed by atoms with van der Waals surface area (Å²) in [4.78, 5) is 51.2. The second-order valence-electron chi connectivity index (χ2n) is 8.07. The summed E-state index contributed by atoms with van der Waals surface area (Å²) in [6.07, 6.45) is 8.28. The minimum Gasteiger partial charge on any atom is -0.483 e. The number of H-pyrrole nitrogens is 1. The molecule has 1 spiro atoms. The SMILES string of the molecule is O=C(O)c1cccnc1N1CCCC2(CCc3c2nc(-c2cccnc2)[nH]c3=O)C1.O=CO. The van der Waals surface area contributed by atoms with Crippen LogP contribution < -0.4 is 10.5 Å². The van der Waals surface area contributed by atoms with Gasteiger partial charge in [-0.25, -0.2) is 14.8 Å². The van der Waals surface area contributed by atoms with E-state index in [1.165, 1.54) is 0 Å². The molecule has 5 rings (SSSR count). The maximum absolute atomic E-state index is 12.8. The number of fused-ring (bicyclic) bond motifs is 2. The summed E-state index contributed by atoms with van der Waals surface area (Å²) in [5.41, 5.74) is 2.16. The Kier molecular flexibility index (Phi) is 6.16. The Labute approximate surface area is 189 Å². The van der Waals surface area contributed by atoms with Crippen LogP contribution in [0.4, 0.5) is 5.82 Å². The number of aromatic carboxylic acids is 1. The first kappa shape index (κ1) is 22.1. The van der Waals surface area contributed by atoms with Crippen LogP contribution in [0.15, 0.2) is 47.7 Å². The van der Waals surface area contributed by atoms with Crippen LogP contribution in [0.2, 0.25) is 0 Å². The predicted octanol–water partition coefficient (Wildman–Crippen LogP) is 2.11. The van der Waals surface area contributed by atoms with Gasteiger partial charge in [0.25, 0.3) is 12.0 Å². The molecule has 1 fully saturated rings. The highest BCUT2D eigenvalue weighted by Gasteiger charge is 2.45. The molecule has 4 heterocycles. The number of carboxylic acid groups (broad SMARTS) is 2. The lowest BCUT2D eigenvalue weighted by atomic mass is 9.77. The maximum atomic E-state index is 12.8. The van der Waals surface area contributed by atoms with E-state index < -0.39 is 5.97 Å². The summed E-state index contributed by atoms with van der Waals surface area (Å²) in [5, 5.41) is 16.5. The predicted molar refractivity (Wildman–Crippen MR) is 119 cm³/mol. The molecule has 3 N–H and O–H groups in total. The van der Waals surface area contributed by atoms with Gasteiger partial charge in [-0.15, -0.1) is 0 Å². The van der Waals surface area contributed by atoms with Gasteiger partial charge in [-0.1, -0.05) is 0 Å². The smallest absolute Gasteiger partial charge is 0.339 e. The summed E-state index contributed by atoms with van der Waals surface area (Å²) < 4.78 is 0. The molecule has 0 amide bonds. The van der Waals surface area contributed by atoms with E-state index in [-0.39, 0.29) is 23.0 Å². The number of nitrogens with zero attached hydrogens (tertiary/aromatic N) is 4. The first-order valence-electron chi connectivity index (χ1n) is 10.5. The van der Waals surface area contributed by atoms with E-state index in [0.29, 0.717) is 24.6 Å². The van der Waals surface area contributed by atoms with E-state index in [1.807, 2.05) is 17.0 Å². The lowest BCUT2D eigenvalue weighted by Crippen LogP contribution is -2.46. The quantitative estimate of drug-likeness (QED) is 0.511. The summed E-state index contributed by atoms with van der Waals surface area (Å²) >= 11 is 0. The number of aromatic amines is 1. The largest absolute Gasteiger partial charge is 0.483 e. The fourth-order valence-electron chi connectivity index (χ4n) is 4.82. The number of hydrogen-bond acceptors (Lipinski definition) is 7. The van der Waals surface area contributed by atoms with Gasteiger partial charge >= 0.3 is 5.97 Å². The summed E-state index contributed by atoms with van der Waals surface area (Å²) in [6.45, 7) is 1.08. The fraction of sp³-hybridized carbons (Fsp3) is 0.304. The van der Waals surface area contributed by atoms with Crippen molar-refractivity contribution in [3.63, 3.8) is 0 Å². The van der Waals surface area contributed by atoms with Crippen molar-refractivity contribution in [2.45, 2.75) is 31.1 Å². The van der Waals surface area contributed by atoms with Crippen molar-refractivity contribution in [1.82, 2.24) is 19.9 Å². The topological polar surface area (TPSA) is 149 Å². The van der Waals surface area contributed by atoms with Crippen molar-refractivity contribution in [3.8, 4) is 11.4 Å². The molecule has 1 aliphatic heterocycles. The van der Waals surface area contributed by atoms with Gasteiger partial charge in [0.1, 0.15) is 17.2 Å². The summed E-state index contributed by atoms with van der Waals surface area (Å²) in [7, 11) is 0. The average molecular weight is 449 g/mol. The van der Waals surface area contributed by atoms with Crippen LogP contribution in [-0.4, -0.2) is 55.7 Å². The summed E-state index contributed by atoms with van der Waals surface area (Å²) in [5.74, 6) is 0.0159. The molecule has 0 bridgehead atoms. The zero-order chi connectivity index (χ0) is 23.4. The van der Waals surface area contributed by atoms with E-state index in [1.54, 1.807) is 30.7 Å². The van der Waals surface area contributed by atoms with Crippen LogP contribution in [0.1, 0.15) is 40.9 Å². The Morgan fingerprint density at radius 3 is 2.73 bits per heavy atom. The van der Waals surface area contributed by atoms with Gasteiger partial charge in [-0.3, -0.25) is 14.6 Å². The number of carboxylic acids is 1. The van der Waals surface area contributed by atoms with Gasteiger partial charge in [0.2, 0.25) is 0 Å². The van der Waals surface area contributed by atoms with Crippen LogP contribution in [0.25, 0.3) is 11.4 Å². The lowest BCUT2D eigenvalue weighted by molar-refractivity contribution is -0.122. The van der Waals surface area contributed by atoms with E-state index in [9.17, 15) is 14.7 Å². The Bertz CT molecular complexity index is 1230. The normalized spacial score (nSPS) is 18.8. The molecule has 1 aliphatic carbocycles. The third-order valence-electron chi connectivity index (χ3n) is 6.20. The van der Waals surface area contributed by atoms with Crippen molar-refractivity contribution in [3.05, 3.63) is 70.0 Å². The number of nitrogens with one attached hydrogen (secondary N) is 1. The second-order valence-corrected chi connectivity index (χ2v) is 8.07. The number of pyridine rings is 2. The van der Waals surface area contributed by atoms with Gasteiger partial charge in [-0.05, 0) is 49.9 Å². The molecule has 3 aromatic heterocycles. The monoisotopic (exact) mass is 449 g/mol. The Hall–Kier alpha value is -4.08. The van der Waals surface area contributed by atoms with Gasteiger partial charge in [-0.2, -0.15) is 0 Å². The maximum Gasteiger partial charge on any atom is 0.339 e. The van der Waals surface area contributed by atoms with Crippen LogP contribution in [-0.2, 0) is 16.6 Å². The van der Waals surface area contributed by atoms with Crippen LogP contribution >= 0.6 is 0 Å². The number of carbonyl (C=O) groups is 2. The third kappa shape index (κ3) is 4.19. The molecule has 1 saturated heterocycles. The number of aromatic nitrogens is 4. The number of rotatable bonds is 3. The molecule has 33 heavy (non-hydrogen) atoms. The zero-order valence-corrected chi connectivity index (χ0v) is 17.8. The summed E-state index contributed by atoms with van der Waals surface area (Å²) in [6, 6.07) is 6.91. The second kappa shape index (κ2) is 9.19. The fourth-order valence-corrected chi connectivity index (χ4v) is 4.82. The molecule has 0 saturated carbocycles. The third-order valence-corrected chi connectivity index (χ3v) is 6.20. The van der Waals surface area contributed by atoms with E-state index >= 15 is 0 Å².